The zero-order valence-corrected chi connectivity index (χ0v) is 14.3. The molecule has 2 unspecified atom stereocenters. The van der Waals surface area contributed by atoms with Crippen molar-refractivity contribution in [3.63, 3.8) is 0 Å². The molecule has 9 heteroatoms. The smallest absolute Gasteiger partial charge is 0.342 e. The molecule has 0 amide bonds. The number of rotatable bonds is 8. The monoisotopic (exact) mass is 357 g/mol. The fraction of sp³-hybridized carbons (Fsp3) is 0.533. The topological polar surface area (TPSA) is 122 Å². The fourth-order valence-electron chi connectivity index (χ4n) is 2.74. The van der Waals surface area contributed by atoms with Crippen LogP contribution in [-0.2, 0) is 19.5 Å². The zero-order chi connectivity index (χ0) is 17.7. The van der Waals surface area contributed by atoms with Crippen molar-refractivity contribution in [2.45, 2.75) is 49.8 Å². The van der Waals surface area contributed by atoms with Crippen LogP contribution in [0.2, 0.25) is 0 Å². The number of para-hydroxylation sites is 2. The van der Waals surface area contributed by atoms with Crippen LogP contribution >= 0.6 is 0 Å². The lowest BCUT2D eigenvalue weighted by molar-refractivity contribution is -0.143. The van der Waals surface area contributed by atoms with Crippen molar-refractivity contribution < 1.29 is 23.3 Å². The van der Waals surface area contributed by atoms with E-state index in [0.29, 0.717) is 22.9 Å². The first-order chi connectivity index (χ1) is 11.4. The summed E-state index contributed by atoms with van der Waals surface area (Å²) in [6.45, 7) is 2.03. The molecule has 8 nitrogen and oxygen atoms in total. The quantitative estimate of drug-likeness (QED) is 0.475. The van der Waals surface area contributed by atoms with E-state index in [1.807, 2.05) is 6.92 Å². The van der Waals surface area contributed by atoms with Crippen LogP contribution in [0.1, 0.15) is 39.0 Å². The standard InChI is InChI=1S/C15H23N3O5S/c1-2-3-4-5-10-13(14(19)23-16)24(21,22)15-17-11-8-6-7-9-12(11)18(15)20/h6-9,13,15,17,20H,2-5,10,16H2,1H3. The molecule has 24 heavy (non-hydrogen) atoms. The SMILES string of the molecule is CCCCCCC(C(=O)ON)S(=O)(=O)C1Nc2ccccc2N1O. The van der Waals surface area contributed by atoms with Crippen LogP contribution in [0.5, 0.6) is 0 Å². The third kappa shape index (κ3) is 3.63. The minimum atomic E-state index is -4.11. The summed E-state index contributed by atoms with van der Waals surface area (Å²) in [6.07, 6.45) is 3.40. The minimum absolute atomic E-state index is 0.0979. The second kappa shape index (κ2) is 7.82. The van der Waals surface area contributed by atoms with Crippen molar-refractivity contribution >= 4 is 27.2 Å². The first-order valence-corrected chi connectivity index (χ1v) is 9.51. The predicted molar refractivity (Wildman–Crippen MR) is 89.9 cm³/mol. The van der Waals surface area contributed by atoms with Crippen molar-refractivity contribution in [2.24, 2.45) is 5.90 Å². The minimum Gasteiger partial charge on any atom is -0.372 e. The van der Waals surface area contributed by atoms with Gasteiger partial charge in [0.2, 0.25) is 15.3 Å². The lowest BCUT2D eigenvalue weighted by Crippen LogP contribution is -2.48. The number of benzene rings is 1. The van der Waals surface area contributed by atoms with E-state index in [4.69, 9.17) is 5.90 Å². The highest BCUT2D eigenvalue weighted by Crippen LogP contribution is 2.36. The van der Waals surface area contributed by atoms with E-state index in [9.17, 15) is 18.4 Å². The van der Waals surface area contributed by atoms with E-state index in [1.54, 1.807) is 24.3 Å². The molecule has 1 aromatic carbocycles. The van der Waals surface area contributed by atoms with Gasteiger partial charge in [0, 0.05) is 0 Å². The molecule has 0 aliphatic carbocycles. The molecule has 1 aliphatic heterocycles. The van der Waals surface area contributed by atoms with Gasteiger partial charge < -0.3 is 10.2 Å². The third-order valence-electron chi connectivity index (χ3n) is 4.06. The van der Waals surface area contributed by atoms with Crippen molar-refractivity contribution in [1.82, 2.24) is 0 Å². The molecule has 2 atom stereocenters. The number of carbonyl (C=O) groups is 1. The van der Waals surface area contributed by atoms with Crippen LogP contribution in [0.3, 0.4) is 0 Å². The molecular formula is C15H23N3O5S. The van der Waals surface area contributed by atoms with Crippen molar-refractivity contribution in [3.8, 4) is 0 Å². The van der Waals surface area contributed by atoms with Gasteiger partial charge >= 0.3 is 5.97 Å². The number of hydrogen-bond acceptors (Lipinski definition) is 8. The number of hydroxylamine groups is 1. The molecule has 0 bridgehead atoms. The number of nitrogens with zero attached hydrogens (tertiary/aromatic N) is 1. The number of fused-ring (bicyclic) bond motifs is 1. The van der Waals surface area contributed by atoms with E-state index in [0.717, 1.165) is 19.3 Å². The van der Waals surface area contributed by atoms with Crippen molar-refractivity contribution in [3.05, 3.63) is 24.3 Å². The van der Waals surface area contributed by atoms with Gasteiger partial charge in [-0.15, -0.1) is 0 Å². The Hall–Kier alpha value is -1.84. The normalized spacial score (nSPS) is 18.0. The Morgan fingerprint density at radius 1 is 1.38 bits per heavy atom. The van der Waals surface area contributed by atoms with Gasteiger partial charge in [0.25, 0.3) is 0 Å². The van der Waals surface area contributed by atoms with Crippen LogP contribution in [0.4, 0.5) is 11.4 Å². The molecule has 134 valence electrons. The molecule has 0 saturated heterocycles. The van der Waals surface area contributed by atoms with Gasteiger partial charge in [-0.1, -0.05) is 44.7 Å². The number of carbonyl (C=O) groups excluding carboxylic acids is 1. The Balaban J connectivity index is 2.20. The fourth-order valence-corrected chi connectivity index (χ4v) is 4.55. The number of hydrogen-bond donors (Lipinski definition) is 3. The first kappa shape index (κ1) is 18.5. The van der Waals surface area contributed by atoms with Crippen molar-refractivity contribution in [2.75, 3.05) is 10.4 Å². The third-order valence-corrected chi connectivity index (χ3v) is 6.22. The number of nitrogens with two attached hydrogens (primary N) is 1. The average molecular weight is 357 g/mol. The summed E-state index contributed by atoms with van der Waals surface area (Å²) in [5, 5.41) is 12.1. The summed E-state index contributed by atoms with van der Waals surface area (Å²) < 4.78 is 25.7. The molecular weight excluding hydrogens is 334 g/mol. The Labute approximate surface area is 141 Å². The highest BCUT2D eigenvalue weighted by atomic mass is 32.2. The highest BCUT2D eigenvalue weighted by molar-refractivity contribution is 7.93. The average Bonchev–Trinajstić information content (AvgIpc) is 2.92. The molecule has 1 heterocycles. The van der Waals surface area contributed by atoms with Crippen molar-refractivity contribution in [1.29, 1.82) is 0 Å². The van der Waals surface area contributed by atoms with E-state index < -0.39 is 26.6 Å². The maximum absolute atomic E-state index is 12.9. The Morgan fingerprint density at radius 3 is 2.71 bits per heavy atom. The van der Waals surface area contributed by atoms with Crippen LogP contribution in [0, 0.1) is 0 Å². The number of unbranched alkanes of at least 4 members (excludes halogenated alkanes) is 3. The molecule has 0 radical (unpaired) electrons. The van der Waals surface area contributed by atoms with Gasteiger partial charge in [0.1, 0.15) is 0 Å². The molecule has 0 fully saturated rings. The van der Waals surface area contributed by atoms with Gasteiger partial charge in [0.05, 0.1) is 11.4 Å². The lowest BCUT2D eigenvalue weighted by atomic mass is 10.1. The van der Waals surface area contributed by atoms with Gasteiger partial charge in [-0.25, -0.2) is 18.3 Å². The molecule has 2 rings (SSSR count). The van der Waals surface area contributed by atoms with E-state index in [2.05, 4.69) is 10.2 Å². The maximum atomic E-state index is 12.9. The van der Waals surface area contributed by atoms with Gasteiger partial charge in [-0.05, 0) is 18.6 Å². The Bertz CT molecular complexity index is 679. The highest BCUT2D eigenvalue weighted by Gasteiger charge is 2.45. The summed E-state index contributed by atoms with van der Waals surface area (Å²) in [6, 6.07) is 6.61. The van der Waals surface area contributed by atoms with Crippen LogP contribution < -0.4 is 16.3 Å². The predicted octanol–water partition coefficient (Wildman–Crippen LogP) is 1.76. The van der Waals surface area contributed by atoms with Gasteiger partial charge in [-0.3, -0.25) is 5.21 Å². The molecule has 1 aliphatic rings. The largest absolute Gasteiger partial charge is 0.372 e. The molecule has 1 aromatic rings. The molecule has 4 N–H and O–H groups in total. The number of sulfone groups is 1. The van der Waals surface area contributed by atoms with Crippen LogP contribution in [0.15, 0.2) is 24.3 Å². The lowest BCUT2D eigenvalue weighted by Gasteiger charge is -2.24. The number of nitrogens with one attached hydrogen (secondary N) is 1. The van der Waals surface area contributed by atoms with E-state index in [1.165, 1.54) is 0 Å². The van der Waals surface area contributed by atoms with Gasteiger partial charge in [-0.2, -0.15) is 5.90 Å². The first-order valence-electron chi connectivity index (χ1n) is 7.90. The van der Waals surface area contributed by atoms with E-state index >= 15 is 0 Å². The Morgan fingerprint density at radius 2 is 2.08 bits per heavy atom. The van der Waals surface area contributed by atoms with E-state index in [-0.39, 0.29) is 6.42 Å². The summed E-state index contributed by atoms with van der Waals surface area (Å²) in [7, 11) is -4.11. The summed E-state index contributed by atoms with van der Waals surface area (Å²) in [4.78, 5) is 16.1. The second-order valence-corrected chi connectivity index (χ2v) is 7.92. The summed E-state index contributed by atoms with van der Waals surface area (Å²) >= 11 is 0. The number of anilines is 2. The second-order valence-electron chi connectivity index (χ2n) is 5.72. The van der Waals surface area contributed by atoms with Crippen LogP contribution in [-0.4, -0.2) is 30.3 Å². The zero-order valence-electron chi connectivity index (χ0n) is 13.5. The van der Waals surface area contributed by atoms with Gasteiger partial charge in [0.15, 0.2) is 5.25 Å². The summed E-state index contributed by atoms with van der Waals surface area (Å²) in [5.41, 5.74) is -0.651. The molecule has 0 aromatic heterocycles. The van der Waals surface area contributed by atoms with Crippen LogP contribution in [0.25, 0.3) is 0 Å². The summed E-state index contributed by atoms with van der Waals surface area (Å²) in [5.74, 6) is 3.89. The maximum Gasteiger partial charge on any atom is 0.342 e. The Kier molecular flexibility index (Phi) is 6.03. The molecule has 0 spiro atoms. The molecule has 0 saturated carbocycles.